The summed E-state index contributed by atoms with van der Waals surface area (Å²) in [5.74, 6) is 1.18. The maximum Gasteiger partial charge on any atom is 0.269 e. The molecular weight excluding hydrogens is 348 g/mol. The summed E-state index contributed by atoms with van der Waals surface area (Å²) < 4.78 is 0. The van der Waals surface area contributed by atoms with Gasteiger partial charge in [-0.1, -0.05) is 55.7 Å². The van der Waals surface area contributed by atoms with Crippen LogP contribution in [0.4, 0.5) is 5.69 Å². The van der Waals surface area contributed by atoms with Crippen LogP contribution in [0.5, 0.6) is 0 Å². The molecule has 0 aliphatic heterocycles. The number of nitrogens with zero attached hydrogens (tertiary/aromatic N) is 1. The Bertz CT molecular complexity index is 800. The van der Waals surface area contributed by atoms with E-state index in [2.05, 4.69) is 35.6 Å². The first-order chi connectivity index (χ1) is 13.7. The van der Waals surface area contributed by atoms with Crippen molar-refractivity contribution in [3.05, 3.63) is 75.3 Å². The number of non-ortho nitro benzene ring substituents is 1. The van der Waals surface area contributed by atoms with Crippen LogP contribution in [0.2, 0.25) is 0 Å². The fourth-order valence-electron chi connectivity index (χ4n) is 5.09. The largest absolute Gasteiger partial charge is 0.313 e. The van der Waals surface area contributed by atoms with Crippen LogP contribution in [0, 0.1) is 16.0 Å². The number of nitro benzene ring substituents is 1. The van der Waals surface area contributed by atoms with Gasteiger partial charge in [-0.15, -0.1) is 0 Å². The topological polar surface area (TPSA) is 55.2 Å². The van der Waals surface area contributed by atoms with Gasteiger partial charge in [-0.3, -0.25) is 10.1 Å². The van der Waals surface area contributed by atoms with E-state index in [0.717, 1.165) is 37.3 Å². The molecule has 2 aliphatic carbocycles. The zero-order chi connectivity index (χ0) is 19.3. The Morgan fingerprint density at radius 1 is 1.00 bits per heavy atom. The fraction of sp³-hybridized carbons (Fsp3) is 0.500. The van der Waals surface area contributed by atoms with Crippen molar-refractivity contribution in [2.24, 2.45) is 5.92 Å². The highest BCUT2D eigenvalue weighted by Crippen LogP contribution is 2.36. The predicted molar refractivity (Wildman–Crippen MR) is 113 cm³/mol. The molecule has 1 fully saturated rings. The number of fused-ring (bicyclic) bond motifs is 1. The van der Waals surface area contributed by atoms with Crippen LogP contribution in [-0.4, -0.2) is 17.5 Å². The van der Waals surface area contributed by atoms with Crippen LogP contribution >= 0.6 is 0 Å². The van der Waals surface area contributed by atoms with Crippen molar-refractivity contribution in [2.45, 2.75) is 63.3 Å². The van der Waals surface area contributed by atoms with Crippen molar-refractivity contribution in [2.75, 3.05) is 6.54 Å². The van der Waals surface area contributed by atoms with Gasteiger partial charge in [0.05, 0.1) is 4.92 Å². The van der Waals surface area contributed by atoms with Crippen LogP contribution < -0.4 is 5.32 Å². The van der Waals surface area contributed by atoms with Gasteiger partial charge >= 0.3 is 0 Å². The Morgan fingerprint density at radius 3 is 2.54 bits per heavy atom. The summed E-state index contributed by atoms with van der Waals surface area (Å²) in [4.78, 5) is 10.9. The van der Waals surface area contributed by atoms with Gasteiger partial charge in [0, 0.05) is 24.1 Å². The molecule has 0 saturated heterocycles. The minimum absolute atomic E-state index is 0.214. The lowest BCUT2D eigenvalue weighted by Crippen LogP contribution is -2.41. The summed E-state index contributed by atoms with van der Waals surface area (Å²) in [7, 11) is 0. The molecular formula is C24H30N2O2. The Kier molecular flexibility index (Phi) is 6.06. The highest BCUT2D eigenvalue weighted by molar-refractivity contribution is 5.44. The number of aryl methyl sites for hydroxylation is 1. The molecule has 2 atom stereocenters. The molecule has 0 radical (unpaired) electrons. The molecule has 2 unspecified atom stereocenters. The van der Waals surface area contributed by atoms with E-state index in [1.54, 1.807) is 12.1 Å². The summed E-state index contributed by atoms with van der Waals surface area (Å²) >= 11 is 0. The molecule has 0 bridgehead atoms. The number of hydrogen-bond acceptors (Lipinski definition) is 3. The monoisotopic (exact) mass is 378 g/mol. The normalized spacial score (nSPS) is 22.6. The molecule has 2 aromatic carbocycles. The number of hydrogen-bond donors (Lipinski definition) is 1. The highest BCUT2D eigenvalue weighted by atomic mass is 16.6. The van der Waals surface area contributed by atoms with Gasteiger partial charge in [0.2, 0.25) is 0 Å². The molecule has 4 rings (SSSR count). The minimum atomic E-state index is -0.278. The molecule has 4 heteroatoms. The zero-order valence-electron chi connectivity index (χ0n) is 16.5. The molecule has 148 valence electrons. The summed E-state index contributed by atoms with van der Waals surface area (Å²) in [5, 5.41) is 15.1. The van der Waals surface area contributed by atoms with E-state index in [9.17, 15) is 10.1 Å². The maximum atomic E-state index is 11.2. The third-order valence-corrected chi connectivity index (χ3v) is 6.64. The van der Waals surface area contributed by atoms with Crippen molar-refractivity contribution in [1.29, 1.82) is 0 Å². The van der Waals surface area contributed by atoms with Crippen LogP contribution in [-0.2, 0) is 12.8 Å². The predicted octanol–water partition coefficient (Wildman–Crippen LogP) is 5.41. The molecule has 2 aliphatic rings. The minimum Gasteiger partial charge on any atom is -0.313 e. The van der Waals surface area contributed by atoms with E-state index >= 15 is 0 Å². The lowest BCUT2D eigenvalue weighted by molar-refractivity contribution is -0.384. The van der Waals surface area contributed by atoms with E-state index in [4.69, 9.17) is 0 Å². The van der Waals surface area contributed by atoms with E-state index in [0.29, 0.717) is 12.0 Å². The molecule has 4 nitrogen and oxygen atoms in total. The van der Waals surface area contributed by atoms with E-state index < -0.39 is 0 Å². The van der Waals surface area contributed by atoms with Crippen LogP contribution in [0.15, 0.2) is 48.5 Å². The Balaban J connectivity index is 1.55. The average Bonchev–Trinajstić information content (AvgIpc) is 2.74. The van der Waals surface area contributed by atoms with Crippen molar-refractivity contribution >= 4 is 5.69 Å². The zero-order valence-corrected chi connectivity index (χ0v) is 16.5. The van der Waals surface area contributed by atoms with Crippen molar-refractivity contribution in [1.82, 2.24) is 5.32 Å². The first-order valence-electron chi connectivity index (χ1n) is 10.8. The van der Waals surface area contributed by atoms with Crippen molar-refractivity contribution in [3.8, 4) is 0 Å². The second-order valence-electron chi connectivity index (χ2n) is 8.49. The summed E-state index contributed by atoms with van der Waals surface area (Å²) in [5.41, 5.74) is 4.00. The molecule has 1 N–H and O–H groups in total. The first-order valence-corrected chi connectivity index (χ1v) is 10.8. The number of rotatable bonds is 6. The summed E-state index contributed by atoms with van der Waals surface area (Å²) in [6.45, 7) is 1.11. The van der Waals surface area contributed by atoms with Crippen molar-refractivity contribution in [3.63, 3.8) is 0 Å². The number of nitro groups is 1. The van der Waals surface area contributed by atoms with Gasteiger partial charge in [0.25, 0.3) is 5.69 Å². The maximum absolute atomic E-state index is 11.2. The highest BCUT2D eigenvalue weighted by Gasteiger charge is 2.31. The van der Waals surface area contributed by atoms with Gasteiger partial charge in [0.15, 0.2) is 0 Å². The second-order valence-corrected chi connectivity index (χ2v) is 8.49. The third-order valence-electron chi connectivity index (χ3n) is 6.64. The molecule has 0 aromatic heterocycles. The number of nitrogens with one attached hydrogen (secondary N) is 1. The van der Waals surface area contributed by atoms with Crippen LogP contribution in [0.1, 0.15) is 61.1 Å². The first kappa shape index (κ1) is 19.1. The molecule has 28 heavy (non-hydrogen) atoms. The molecule has 0 spiro atoms. The molecule has 1 saturated carbocycles. The van der Waals surface area contributed by atoms with E-state index in [-0.39, 0.29) is 10.6 Å². The third kappa shape index (κ3) is 4.44. The fourth-order valence-corrected chi connectivity index (χ4v) is 5.09. The second kappa shape index (κ2) is 8.87. The number of benzene rings is 2. The Labute approximate surface area is 167 Å². The average molecular weight is 379 g/mol. The lowest BCUT2D eigenvalue weighted by atomic mass is 9.75. The lowest BCUT2D eigenvalue weighted by Gasteiger charge is -2.36. The van der Waals surface area contributed by atoms with Gasteiger partial charge < -0.3 is 5.32 Å². The van der Waals surface area contributed by atoms with Crippen molar-refractivity contribution < 1.29 is 4.92 Å². The van der Waals surface area contributed by atoms with Gasteiger partial charge in [0.1, 0.15) is 0 Å². The molecule has 2 aromatic rings. The SMILES string of the molecule is O=[N+]([O-])c1ccc2c(c1)CCC(NCC1CCCCC1)C2Cc1ccccc1. The van der Waals surface area contributed by atoms with E-state index in [1.807, 2.05) is 6.07 Å². The molecule has 0 heterocycles. The Hall–Kier alpha value is -2.20. The van der Waals surface area contributed by atoms with Gasteiger partial charge in [-0.05, 0) is 61.3 Å². The smallest absolute Gasteiger partial charge is 0.269 e. The Morgan fingerprint density at radius 2 is 1.79 bits per heavy atom. The van der Waals surface area contributed by atoms with Gasteiger partial charge in [-0.25, -0.2) is 0 Å². The molecule has 0 amide bonds. The van der Waals surface area contributed by atoms with E-state index in [1.165, 1.54) is 43.2 Å². The quantitative estimate of drug-likeness (QED) is 0.540. The standard InChI is InChI=1S/C24H30N2O2/c27-26(28)21-12-13-22-20(16-21)11-14-24(25-17-19-9-5-2-6-10-19)23(22)15-18-7-3-1-4-8-18/h1,3-4,7-8,12-13,16,19,23-25H,2,5-6,9-11,14-15,17H2. The summed E-state index contributed by atoms with van der Waals surface area (Å²) in [6, 6.07) is 16.6. The van der Waals surface area contributed by atoms with Gasteiger partial charge in [-0.2, -0.15) is 0 Å². The van der Waals surface area contributed by atoms with Crippen LogP contribution in [0.3, 0.4) is 0 Å². The van der Waals surface area contributed by atoms with Crippen LogP contribution in [0.25, 0.3) is 0 Å². The summed E-state index contributed by atoms with van der Waals surface area (Å²) in [6.07, 6.45) is 9.80.